The van der Waals surface area contributed by atoms with E-state index in [9.17, 15) is 22.4 Å². The van der Waals surface area contributed by atoms with Crippen LogP contribution >= 0.6 is 0 Å². The fourth-order valence-electron chi connectivity index (χ4n) is 3.74. The summed E-state index contributed by atoms with van der Waals surface area (Å²) in [6, 6.07) is 13.5. The van der Waals surface area contributed by atoms with Gasteiger partial charge in [-0.3, -0.25) is 9.59 Å². The number of benzene rings is 2. The Kier molecular flexibility index (Phi) is 7.17. The van der Waals surface area contributed by atoms with Crippen molar-refractivity contribution in [2.75, 3.05) is 5.32 Å². The van der Waals surface area contributed by atoms with Crippen molar-refractivity contribution in [2.24, 2.45) is 5.92 Å². The van der Waals surface area contributed by atoms with Crippen molar-refractivity contribution >= 4 is 21.4 Å². The molecule has 0 unspecified atom stereocenters. The van der Waals surface area contributed by atoms with Crippen molar-refractivity contribution in [3.63, 3.8) is 0 Å². The van der Waals surface area contributed by atoms with Gasteiger partial charge in [0.15, 0.2) is 0 Å². The molecule has 1 amide bonds. The third-order valence-corrected chi connectivity index (χ3v) is 7.13. The van der Waals surface area contributed by atoms with Gasteiger partial charge in [0.1, 0.15) is 17.3 Å². The van der Waals surface area contributed by atoms with Gasteiger partial charge in [-0.05, 0) is 73.7 Å². The molecular weight excluding hydrogens is 443 g/mol. The van der Waals surface area contributed by atoms with Gasteiger partial charge in [-0.2, -0.15) is 0 Å². The Morgan fingerprint density at radius 2 is 1.73 bits per heavy atom. The highest BCUT2D eigenvalue weighted by atomic mass is 32.2. The summed E-state index contributed by atoms with van der Waals surface area (Å²) in [5.74, 6) is -0.655. The molecule has 8 heteroatoms. The van der Waals surface area contributed by atoms with E-state index in [1.54, 1.807) is 32.0 Å². The number of carbonyl (C=O) groups excluding carboxylic acids is 1. The number of halogens is 1. The molecule has 33 heavy (non-hydrogen) atoms. The lowest BCUT2D eigenvalue weighted by atomic mass is 10.0. The van der Waals surface area contributed by atoms with Crippen LogP contribution in [0, 0.1) is 25.6 Å². The maximum Gasteiger partial charge on any atom is 0.270 e. The minimum Gasteiger partial charge on any atom is -0.324 e. The van der Waals surface area contributed by atoms with Crippen LogP contribution in [0.25, 0.3) is 0 Å². The van der Waals surface area contributed by atoms with Crippen molar-refractivity contribution in [3.05, 3.63) is 87.6 Å². The van der Waals surface area contributed by atoms with Gasteiger partial charge in [-0.1, -0.05) is 32.0 Å². The number of aryl methyl sites for hydroxylation is 2. The highest BCUT2D eigenvalue weighted by Crippen LogP contribution is 2.23. The summed E-state index contributed by atoms with van der Waals surface area (Å²) in [6.45, 7) is 6.93. The predicted molar refractivity (Wildman–Crippen MR) is 126 cm³/mol. The van der Waals surface area contributed by atoms with Crippen LogP contribution in [-0.2, 0) is 27.6 Å². The van der Waals surface area contributed by atoms with E-state index in [4.69, 9.17) is 0 Å². The smallest absolute Gasteiger partial charge is 0.270 e. The average Bonchev–Trinajstić information content (AvgIpc) is 2.70. The van der Waals surface area contributed by atoms with Gasteiger partial charge in [0.05, 0.1) is 4.90 Å². The minimum absolute atomic E-state index is 0.0230. The monoisotopic (exact) mass is 470 g/mol. The van der Waals surface area contributed by atoms with Crippen molar-refractivity contribution in [2.45, 2.75) is 50.5 Å². The van der Waals surface area contributed by atoms with Crippen LogP contribution in [0.1, 0.15) is 30.7 Å². The van der Waals surface area contributed by atoms with E-state index in [1.807, 2.05) is 0 Å². The molecule has 2 aromatic carbocycles. The summed E-state index contributed by atoms with van der Waals surface area (Å²) in [5.41, 5.74) is 1.24. The number of amides is 1. The Balaban J connectivity index is 1.96. The van der Waals surface area contributed by atoms with Crippen molar-refractivity contribution in [3.8, 4) is 0 Å². The van der Waals surface area contributed by atoms with Gasteiger partial charge in [0.25, 0.3) is 5.56 Å². The van der Waals surface area contributed by atoms with Crippen molar-refractivity contribution in [1.29, 1.82) is 0 Å². The molecule has 1 aromatic heterocycles. The SMILES string of the molecule is Cc1cc(C)n(CC(=O)Nc2cccc(F)c2)c(=O)c1S(=O)(=O)c1ccc(CC(C)C)cc1. The van der Waals surface area contributed by atoms with Crippen LogP contribution in [0.2, 0.25) is 0 Å². The second kappa shape index (κ2) is 9.70. The molecule has 0 bridgehead atoms. The second-order valence-corrected chi connectivity index (χ2v) is 10.4. The maximum atomic E-state index is 13.4. The Hall–Kier alpha value is -3.26. The largest absolute Gasteiger partial charge is 0.324 e. The molecule has 3 rings (SSSR count). The molecule has 1 heterocycles. The summed E-state index contributed by atoms with van der Waals surface area (Å²) in [5, 5.41) is 2.52. The third kappa shape index (κ3) is 5.57. The summed E-state index contributed by atoms with van der Waals surface area (Å²) >= 11 is 0. The van der Waals surface area contributed by atoms with Crippen LogP contribution in [0.4, 0.5) is 10.1 Å². The molecule has 0 aliphatic heterocycles. The molecular formula is C25H27FN2O4S. The lowest BCUT2D eigenvalue weighted by Crippen LogP contribution is -2.33. The van der Waals surface area contributed by atoms with Gasteiger partial charge < -0.3 is 9.88 Å². The first-order valence-corrected chi connectivity index (χ1v) is 12.1. The highest BCUT2D eigenvalue weighted by Gasteiger charge is 2.26. The number of aromatic nitrogens is 1. The lowest BCUT2D eigenvalue weighted by molar-refractivity contribution is -0.116. The number of nitrogens with one attached hydrogen (secondary N) is 1. The molecule has 0 aliphatic rings. The van der Waals surface area contributed by atoms with E-state index in [0.717, 1.165) is 22.6 Å². The molecule has 0 aliphatic carbocycles. The fraction of sp³-hybridized carbons (Fsp3) is 0.280. The number of anilines is 1. The Bertz CT molecular complexity index is 1340. The molecule has 0 spiro atoms. The van der Waals surface area contributed by atoms with Gasteiger partial charge in [-0.25, -0.2) is 12.8 Å². The number of sulfone groups is 1. The quantitative estimate of drug-likeness (QED) is 0.559. The lowest BCUT2D eigenvalue weighted by Gasteiger charge is -2.15. The molecule has 3 aromatic rings. The molecule has 6 nitrogen and oxygen atoms in total. The van der Waals surface area contributed by atoms with E-state index in [0.29, 0.717) is 17.2 Å². The highest BCUT2D eigenvalue weighted by molar-refractivity contribution is 7.91. The van der Waals surface area contributed by atoms with Crippen molar-refractivity contribution < 1.29 is 17.6 Å². The zero-order valence-electron chi connectivity index (χ0n) is 19.1. The van der Waals surface area contributed by atoms with Gasteiger partial charge >= 0.3 is 0 Å². The summed E-state index contributed by atoms with van der Waals surface area (Å²) in [6.07, 6.45) is 0.817. The average molecular weight is 471 g/mol. The minimum atomic E-state index is -4.10. The normalized spacial score (nSPS) is 11.6. The topological polar surface area (TPSA) is 85.2 Å². The first-order valence-electron chi connectivity index (χ1n) is 10.6. The molecule has 0 saturated carbocycles. The molecule has 1 N–H and O–H groups in total. The second-order valence-electron chi connectivity index (χ2n) is 8.49. The third-order valence-electron chi connectivity index (χ3n) is 5.21. The fourth-order valence-corrected chi connectivity index (χ4v) is 5.29. The first-order chi connectivity index (χ1) is 15.5. The van der Waals surface area contributed by atoms with E-state index < -0.39 is 33.7 Å². The number of rotatable bonds is 7. The Labute approximate surface area is 193 Å². The molecule has 0 fully saturated rings. The van der Waals surface area contributed by atoms with E-state index in [1.165, 1.54) is 30.3 Å². The maximum absolute atomic E-state index is 13.4. The van der Waals surface area contributed by atoms with Crippen molar-refractivity contribution in [1.82, 2.24) is 4.57 Å². The molecule has 174 valence electrons. The molecule has 0 saturated heterocycles. The van der Waals surface area contributed by atoms with Crippen LogP contribution < -0.4 is 10.9 Å². The number of hydrogen-bond acceptors (Lipinski definition) is 4. The van der Waals surface area contributed by atoms with Gasteiger partial charge in [0.2, 0.25) is 15.7 Å². The Morgan fingerprint density at radius 1 is 1.06 bits per heavy atom. The number of carbonyl (C=O) groups is 1. The standard InChI is InChI=1S/C25H27FN2O4S/c1-16(2)12-19-8-10-22(11-9-19)33(31,32)24-17(3)13-18(4)28(25(24)30)15-23(29)27-21-7-5-6-20(26)14-21/h5-11,13-14,16H,12,15H2,1-4H3,(H,27,29). The van der Waals surface area contributed by atoms with Crippen LogP contribution in [0.3, 0.4) is 0 Å². The van der Waals surface area contributed by atoms with Crippen LogP contribution in [-0.4, -0.2) is 18.9 Å². The van der Waals surface area contributed by atoms with Gasteiger partial charge in [0, 0.05) is 11.4 Å². The Morgan fingerprint density at radius 3 is 2.33 bits per heavy atom. The molecule has 0 radical (unpaired) electrons. The van der Waals surface area contributed by atoms with Crippen LogP contribution in [0.15, 0.2) is 69.2 Å². The van der Waals surface area contributed by atoms with E-state index >= 15 is 0 Å². The van der Waals surface area contributed by atoms with E-state index in [-0.39, 0.29) is 15.5 Å². The van der Waals surface area contributed by atoms with Crippen LogP contribution in [0.5, 0.6) is 0 Å². The number of hydrogen-bond donors (Lipinski definition) is 1. The zero-order chi connectivity index (χ0) is 24.3. The number of nitrogens with zero attached hydrogens (tertiary/aromatic N) is 1. The zero-order valence-corrected chi connectivity index (χ0v) is 19.9. The summed E-state index contributed by atoms with van der Waals surface area (Å²) in [4.78, 5) is 25.4. The predicted octanol–water partition coefficient (Wildman–Crippen LogP) is 4.27. The summed E-state index contributed by atoms with van der Waals surface area (Å²) < 4.78 is 41.2. The number of pyridine rings is 1. The van der Waals surface area contributed by atoms with Gasteiger partial charge in [-0.15, -0.1) is 0 Å². The molecule has 0 atom stereocenters. The van der Waals surface area contributed by atoms with E-state index in [2.05, 4.69) is 19.2 Å². The first kappa shape index (κ1) is 24.4. The summed E-state index contributed by atoms with van der Waals surface area (Å²) in [7, 11) is -4.10.